The standard InChI is InChI=1S/C22H25BrO5.C22H26O5/c1-22(2)9-8-13-10-14(6-7-16(13)28-22)20(24)19(23)15-11-17(25-3)21(27-5)18(12-15)26-4;1-22(2)9-8-16-13-15(6-7-18(16)27-22)17(23)10-14-11-19(24-3)21(26-5)20(12-14)25-4/h6-7,10-12,19H,8-9H2,1-5H3;6-7,11-13H,8-10H2,1-5H3. The Kier molecular flexibility index (Phi) is 13.0. The molecule has 2 heterocycles. The van der Waals surface area contributed by atoms with Gasteiger partial charge in [0.2, 0.25) is 11.5 Å². The number of halogens is 1. The molecule has 294 valence electrons. The van der Waals surface area contributed by atoms with Crippen LogP contribution in [0.2, 0.25) is 0 Å². The molecule has 0 aromatic heterocycles. The number of hydrogen-bond donors (Lipinski definition) is 0. The van der Waals surface area contributed by atoms with Gasteiger partial charge in [-0.05, 0) is 136 Å². The molecular weight excluding hydrogens is 768 g/mol. The van der Waals surface area contributed by atoms with E-state index in [1.165, 1.54) is 0 Å². The number of hydrogen-bond acceptors (Lipinski definition) is 10. The third kappa shape index (κ3) is 9.50. The van der Waals surface area contributed by atoms with Crippen molar-refractivity contribution in [2.24, 2.45) is 0 Å². The third-order valence-corrected chi connectivity index (χ3v) is 10.7. The Hall–Kier alpha value is -4.90. The largest absolute Gasteiger partial charge is 0.493 e. The molecule has 0 spiro atoms. The molecule has 55 heavy (non-hydrogen) atoms. The Labute approximate surface area is 332 Å². The number of ketones is 2. The fraction of sp³-hybridized carbons (Fsp3) is 0.409. The Morgan fingerprint density at radius 1 is 0.618 bits per heavy atom. The van der Waals surface area contributed by atoms with Gasteiger partial charge in [-0.25, -0.2) is 0 Å². The fourth-order valence-electron chi connectivity index (χ4n) is 6.71. The summed E-state index contributed by atoms with van der Waals surface area (Å²) in [6.45, 7) is 8.32. The van der Waals surface area contributed by atoms with E-state index >= 15 is 0 Å². The summed E-state index contributed by atoms with van der Waals surface area (Å²) in [5.74, 6) is 4.84. The van der Waals surface area contributed by atoms with Crippen LogP contribution in [0.1, 0.15) is 88.3 Å². The molecule has 0 fully saturated rings. The average molecular weight is 820 g/mol. The molecule has 6 rings (SSSR count). The lowest BCUT2D eigenvalue weighted by Gasteiger charge is -2.32. The number of methoxy groups -OCH3 is 6. The van der Waals surface area contributed by atoms with Crippen LogP contribution in [-0.4, -0.2) is 65.4 Å². The minimum absolute atomic E-state index is 0.0388. The molecule has 0 radical (unpaired) electrons. The summed E-state index contributed by atoms with van der Waals surface area (Å²) in [5.41, 5.74) is 4.68. The molecule has 11 heteroatoms. The van der Waals surface area contributed by atoms with Gasteiger partial charge in [-0.3, -0.25) is 9.59 Å². The number of carbonyl (C=O) groups is 2. The summed E-state index contributed by atoms with van der Waals surface area (Å²) < 4.78 is 44.2. The van der Waals surface area contributed by atoms with Crippen molar-refractivity contribution in [3.8, 4) is 46.0 Å². The quantitative estimate of drug-likeness (QED) is 0.101. The van der Waals surface area contributed by atoms with Crippen LogP contribution < -0.4 is 37.9 Å². The predicted molar refractivity (Wildman–Crippen MR) is 215 cm³/mol. The number of fused-ring (bicyclic) bond motifs is 2. The smallest absolute Gasteiger partial charge is 0.203 e. The van der Waals surface area contributed by atoms with Crippen molar-refractivity contribution in [3.63, 3.8) is 0 Å². The topological polar surface area (TPSA) is 108 Å². The zero-order chi connectivity index (χ0) is 40.1. The highest BCUT2D eigenvalue weighted by Gasteiger charge is 2.30. The van der Waals surface area contributed by atoms with E-state index in [1.807, 2.05) is 48.5 Å². The maximum atomic E-state index is 13.1. The lowest BCUT2D eigenvalue weighted by atomic mass is 9.92. The van der Waals surface area contributed by atoms with E-state index in [0.29, 0.717) is 45.6 Å². The van der Waals surface area contributed by atoms with E-state index in [0.717, 1.165) is 59.4 Å². The zero-order valence-corrected chi connectivity index (χ0v) is 34.9. The molecule has 0 bridgehead atoms. The first-order chi connectivity index (χ1) is 26.2. The molecule has 0 saturated heterocycles. The van der Waals surface area contributed by atoms with Gasteiger partial charge >= 0.3 is 0 Å². The van der Waals surface area contributed by atoms with Crippen LogP contribution >= 0.6 is 15.9 Å². The van der Waals surface area contributed by atoms with Gasteiger partial charge in [0.1, 0.15) is 27.5 Å². The highest BCUT2D eigenvalue weighted by atomic mass is 79.9. The highest BCUT2D eigenvalue weighted by Crippen LogP contribution is 2.43. The molecule has 4 aromatic carbocycles. The van der Waals surface area contributed by atoms with Crippen molar-refractivity contribution in [1.82, 2.24) is 0 Å². The molecule has 0 aliphatic carbocycles. The van der Waals surface area contributed by atoms with E-state index < -0.39 is 4.83 Å². The molecule has 10 nitrogen and oxygen atoms in total. The molecule has 2 aliphatic rings. The zero-order valence-electron chi connectivity index (χ0n) is 33.3. The van der Waals surface area contributed by atoms with Crippen LogP contribution in [0.3, 0.4) is 0 Å². The van der Waals surface area contributed by atoms with E-state index in [1.54, 1.807) is 54.8 Å². The van der Waals surface area contributed by atoms with Crippen molar-refractivity contribution in [2.45, 2.75) is 75.8 Å². The first-order valence-corrected chi connectivity index (χ1v) is 19.0. The Balaban J connectivity index is 0.000000211. The molecule has 0 saturated carbocycles. The van der Waals surface area contributed by atoms with E-state index in [4.69, 9.17) is 37.9 Å². The van der Waals surface area contributed by atoms with Crippen LogP contribution in [0.5, 0.6) is 46.0 Å². The number of ether oxygens (including phenoxy) is 8. The molecule has 0 amide bonds. The van der Waals surface area contributed by atoms with Crippen LogP contribution in [0.4, 0.5) is 0 Å². The predicted octanol–water partition coefficient (Wildman–Crippen LogP) is 9.38. The summed E-state index contributed by atoms with van der Waals surface area (Å²) in [4.78, 5) is 25.4. The van der Waals surface area contributed by atoms with Gasteiger partial charge in [0, 0.05) is 17.5 Å². The molecule has 1 unspecified atom stereocenters. The SMILES string of the molecule is COc1cc(C(Br)C(=O)c2ccc3c(c2)CCC(C)(C)O3)cc(OC)c1OC.COc1cc(CC(=O)c2ccc3c(c2)CCC(C)(C)O3)cc(OC)c1OC. The number of rotatable bonds is 12. The summed E-state index contributed by atoms with van der Waals surface area (Å²) in [7, 11) is 9.34. The molecule has 4 aromatic rings. The number of carbonyl (C=O) groups excluding carboxylic acids is 2. The molecular formula is C44H51BrO10. The van der Waals surface area contributed by atoms with Crippen LogP contribution in [0, 0.1) is 0 Å². The van der Waals surface area contributed by atoms with Gasteiger partial charge in [-0.15, -0.1) is 0 Å². The van der Waals surface area contributed by atoms with Crippen molar-refractivity contribution in [3.05, 3.63) is 94.0 Å². The molecule has 0 N–H and O–H groups in total. The summed E-state index contributed by atoms with van der Waals surface area (Å²) in [6.07, 6.45) is 3.91. The summed E-state index contributed by atoms with van der Waals surface area (Å²) >= 11 is 3.54. The second-order valence-electron chi connectivity index (χ2n) is 14.7. The van der Waals surface area contributed by atoms with E-state index in [2.05, 4.69) is 43.6 Å². The number of aryl methyl sites for hydroxylation is 2. The monoisotopic (exact) mass is 818 g/mol. The Morgan fingerprint density at radius 3 is 1.47 bits per heavy atom. The van der Waals surface area contributed by atoms with Gasteiger partial charge in [0.25, 0.3) is 0 Å². The minimum atomic E-state index is -0.541. The molecule has 1 atom stereocenters. The number of alkyl halides is 1. The number of benzene rings is 4. The van der Waals surface area contributed by atoms with Crippen LogP contribution in [0.25, 0.3) is 0 Å². The summed E-state index contributed by atoms with van der Waals surface area (Å²) in [6, 6.07) is 18.5. The first kappa shape index (κ1) is 41.3. The maximum Gasteiger partial charge on any atom is 0.203 e. The highest BCUT2D eigenvalue weighted by molar-refractivity contribution is 9.09. The Bertz CT molecular complexity index is 1990. The first-order valence-electron chi connectivity index (χ1n) is 18.1. The van der Waals surface area contributed by atoms with Gasteiger partial charge in [0.05, 0.1) is 42.7 Å². The second-order valence-corrected chi connectivity index (χ2v) is 15.6. The average Bonchev–Trinajstić information content (AvgIpc) is 3.18. The van der Waals surface area contributed by atoms with Crippen molar-refractivity contribution >= 4 is 27.5 Å². The van der Waals surface area contributed by atoms with E-state index in [-0.39, 0.29) is 29.2 Å². The number of Topliss-reactive ketones (excluding diaryl/α,β-unsaturated/α-hetero) is 2. The lowest BCUT2D eigenvalue weighted by Crippen LogP contribution is -2.32. The van der Waals surface area contributed by atoms with Crippen LogP contribution in [-0.2, 0) is 19.3 Å². The second kappa shape index (κ2) is 17.3. The fourth-order valence-corrected chi connectivity index (χ4v) is 7.24. The third-order valence-electron chi connectivity index (χ3n) is 9.79. The van der Waals surface area contributed by atoms with Gasteiger partial charge in [-0.1, -0.05) is 15.9 Å². The van der Waals surface area contributed by atoms with Crippen molar-refractivity contribution in [1.29, 1.82) is 0 Å². The van der Waals surface area contributed by atoms with E-state index in [9.17, 15) is 9.59 Å². The van der Waals surface area contributed by atoms with Crippen molar-refractivity contribution in [2.75, 3.05) is 42.7 Å². The molecule has 2 aliphatic heterocycles. The minimum Gasteiger partial charge on any atom is -0.493 e. The van der Waals surface area contributed by atoms with Crippen LogP contribution in [0.15, 0.2) is 60.7 Å². The van der Waals surface area contributed by atoms with Crippen molar-refractivity contribution < 1.29 is 47.5 Å². The van der Waals surface area contributed by atoms with Gasteiger partial charge in [-0.2, -0.15) is 0 Å². The Morgan fingerprint density at radius 2 is 1.04 bits per heavy atom. The van der Waals surface area contributed by atoms with Gasteiger partial charge in [0.15, 0.2) is 34.6 Å². The van der Waals surface area contributed by atoms with Gasteiger partial charge < -0.3 is 37.9 Å². The summed E-state index contributed by atoms with van der Waals surface area (Å²) in [5, 5.41) is 0. The lowest BCUT2D eigenvalue weighted by molar-refractivity contribution is 0.0841. The maximum absolute atomic E-state index is 13.1. The normalized spacial score (nSPS) is 15.3.